The Morgan fingerprint density at radius 2 is 1.79 bits per heavy atom. The molecule has 0 aliphatic rings. The van der Waals surface area contributed by atoms with Gasteiger partial charge in [0.1, 0.15) is 5.82 Å². The van der Waals surface area contributed by atoms with Crippen LogP contribution >= 0.6 is 0 Å². The number of carbonyl (C=O) groups is 1. The van der Waals surface area contributed by atoms with Gasteiger partial charge in [-0.05, 0) is 29.3 Å². The molecule has 0 fully saturated rings. The van der Waals surface area contributed by atoms with Crippen molar-refractivity contribution in [3.8, 4) is 11.1 Å². The van der Waals surface area contributed by atoms with Gasteiger partial charge in [-0.25, -0.2) is 4.39 Å². The number of amides is 1. The average molecular weight is 325 g/mol. The first-order chi connectivity index (χ1) is 11.6. The van der Waals surface area contributed by atoms with Gasteiger partial charge >= 0.3 is 0 Å². The summed E-state index contributed by atoms with van der Waals surface area (Å²) >= 11 is 0. The van der Waals surface area contributed by atoms with Crippen LogP contribution in [0.1, 0.15) is 22.2 Å². The minimum Gasteiger partial charge on any atom is -0.459 e. The predicted molar refractivity (Wildman–Crippen MR) is 87.8 cm³/mol. The van der Waals surface area contributed by atoms with Gasteiger partial charge in [0.25, 0.3) is 5.91 Å². The highest BCUT2D eigenvalue weighted by Gasteiger charge is 2.18. The number of rotatable bonds is 5. The summed E-state index contributed by atoms with van der Waals surface area (Å²) in [5.74, 6) is -0.606. The number of aliphatic hydroxyl groups excluding tert-OH is 1. The standard InChI is InChI=1S/C19H16FNO3/c20-15-8-6-14(7-9-15)17(22)12-21-19(23)18-16(10-11-24-18)13-4-2-1-3-5-13/h1-11,17,22H,12H2,(H,21,23). The summed E-state index contributed by atoms with van der Waals surface area (Å²) in [5.41, 5.74) is 2.08. The fourth-order valence-corrected chi connectivity index (χ4v) is 2.40. The zero-order valence-corrected chi connectivity index (χ0v) is 12.8. The second kappa shape index (κ2) is 7.10. The van der Waals surface area contributed by atoms with Crippen LogP contribution in [0.5, 0.6) is 0 Å². The van der Waals surface area contributed by atoms with Gasteiger partial charge in [-0.2, -0.15) is 0 Å². The van der Waals surface area contributed by atoms with Crippen LogP contribution < -0.4 is 5.32 Å². The fourth-order valence-electron chi connectivity index (χ4n) is 2.40. The van der Waals surface area contributed by atoms with Crippen molar-refractivity contribution in [1.29, 1.82) is 0 Å². The third-order valence-electron chi connectivity index (χ3n) is 3.67. The maximum absolute atomic E-state index is 12.9. The van der Waals surface area contributed by atoms with Gasteiger partial charge in [-0.3, -0.25) is 4.79 Å². The van der Waals surface area contributed by atoms with Crippen LogP contribution in [-0.4, -0.2) is 17.6 Å². The lowest BCUT2D eigenvalue weighted by molar-refractivity contribution is 0.0890. The molecule has 5 heteroatoms. The Labute approximate surface area is 138 Å². The summed E-state index contributed by atoms with van der Waals surface area (Å²) in [6.45, 7) is -0.000600. The Kier molecular flexibility index (Phi) is 4.72. The van der Waals surface area contributed by atoms with Gasteiger partial charge in [0.15, 0.2) is 5.76 Å². The second-order valence-corrected chi connectivity index (χ2v) is 5.31. The molecule has 0 radical (unpaired) electrons. The van der Waals surface area contributed by atoms with Crippen molar-refractivity contribution >= 4 is 5.91 Å². The first-order valence-electron chi connectivity index (χ1n) is 7.50. The van der Waals surface area contributed by atoms with Crippen LogP contribution in [-0.2, 0) is 0 Å². The summed E-state index contributed by atoms with van der Waals surface area (Å²) < 4.78 is 18.2. The number of hydrogen-bond donors (Lipinski definition) is 2. The van der Waals surface area contributed by atoms with Crippen molar-refractivity contribution in [2.75, 3.05) is 6.54 Å². The van der Waals surface area contributed by atoms with Crippen LogP contribution in [0.3, 0.4) is 0 Å². The van der Waals surface area contributed by atoms with Gasteiger partial charge in [-0.15, -0.1) is 0 Å². The largest absolute Gasteiger partial charge is 0.459 e. The third kappa shape index (κ3) is 3.52. The zero-order chi connectivity index (χ0) is 16.9. The molecule has 0 saturated heterocycles. The van der Waals surface area contributed by atoms with Gasteiger partial charge in [-0.1, -0.05) is 42.5 Å². The van der Waals surface area contributed by atoms with E-state index in [2.05, 4.69) is 5.32 Å². The Hall–Kier alpha value is -2.92. The molecular weight excluding hydrogens is 309 g/mol. The molecule has 0 bridgehead atoms. The summed E-state index contributed by atoms with van der Waals surface area (Å²) in [6.07, 6.45) is 0.526. The molecule has 2 aromatic carbocycles. The number of aliphatic hydroxyl groups is 1. The first kappa shape index (κ1) is 16.0. The Morgan fingerprint density at radius 3 is 2.50 bits per heavy atom. The number of halogens is 1. The lowest BCUT2D eigenvalue weighted by Crippen LogP contribution is -2.28. The molecule has 3 aromatic rings. The molecule has 0 aliphatic heterocycles. The van der Waals surface area contributed by atoms with Crippen LogP contribution in [0.15, 0.2) is 71.3 Å². The molecule has 0 saturated carbocycles. The zero-order valence-electron chi connectivity index (χ0n) is 12.8. The highest BCUT2D eigenvalue weighted by Crippen LogP contribution is 2.24. The number of hydrogen-bond acceptors (Lipinski definition) is 3. The summed E-state index contributed by atoms with van der Waals surface area (Å²) in [4.78, 5) is 12.3. The van der Waals surface area contributed by atoms with Crippen molar-refractivity contribution in [2.45, 2.75) is 6.10 Å². The van der Waals surface area contributed by atoms with Crippen LogP contribution in [0.4, 0.5) is 4.39 Å². The van der Waals surface area contributed by atoms with Crippen LogP contribution in [0.25, 0.3) is 11.1 Å². The van der Waals surface area contributed by atoms with Gasteiger partial charge < -0.3 is 14.8 Å². The second-order valence-electron chi connectivity index (χ2n) is 5.31. The topological polar surface area (TPSA) is 62.5 Å². The fraction of sp³-hybridized carbons (Fsp3) is 0.105. The Bertz CT molecular complexity index is 812. The minimum atomic E-state index is -0.926. The SMILES string of the molecule is O=C(NCC(O)c1ccc(F)cc1)c1occc1-c1ccccc1. The van der Waals surface area contributed by atoms with E-state index < -0.39 is 12.0 Å². The molecule has 1 aromatic heterocycles. The maximum atomic E-state index is 12.9. The molecule has 2 N–H and O–H groups in total. The molecule has 0 spiro atoms. The monoisotopic (exact) mass is 325 g/mol. The van der Waals surface area contributed by atoms with E-state index in [1.54, 1.807) is 6.07 Å². The van der Waals surface area contributed by atoms with Gasteiger partial charge in [0.2, 0.25) is 0 Å². The van der Waals surface area contributed by atoms with Crippen molar-refractivity contribution < 1.29 is 18.7 Å². The van der Waals surface area contributed by atoms with E-state index in [0.29, 0.717) is 11.1 Å². The quantitative estimate of drug-likeness (QED) is 0.754. The minimum absolute atomic E-state index is 0.000600. The maximum Gasteiger partial charge on any atom is 0.287 e. The molecule has 122 valence electrons. The van der Waals surface area contributed by atoms with E-state index in [1.807, 2.05) is 30.3 Å². The lowest BCUT2D eigenvalue weighted by atomic mass is 10.1. The normalized spacial score (nSPS) is 11.9. The summed E-state index contributed by atoms with van der Waals surface area (Å²) in [7, 11) is 0. The molecule has 1 heterocycles. The molecule has 1 atom stereocenters. The summed E-state index contributed by atoms with van der Waals surface area (Å²) in [5, 5.41) is 12.7. The molecule has 1 unspecified atom stereocenters. The Morgan fingerprint density at radius 1 is 1.08 bits per heavy atom. The molecule has 0 aliphatic carbocycles. The molecular formula is C19H16FNO3. The van der Waals surface area contributed by atoms with Crippen LogP contribution in [0.2, 0.25) is 0 Å². The number of benzene rings is 2. The third-order valence-corrected chi connectivity index (χ3v) is 3.67. The number of nitrogens with one attached hydrogen (secondary N) is 1. The summed E-state index contributed by atoms with van der Waals surface area (Å²) in [6, 6.07) is 16.6. The first-order valence-corrected chi connectivity index (χ1v) is 7.50. The Balaban J connectivity index is 1.68. The lowest BCUT2D eigenvalue weighted by Gasteiger charge is -2.12. The van der Waals surface area contributed by atoms with E-state index in [4.69, 9.17) is 4.42 Å². The van der Waals surface area contributed by atoms with Gasteiger partial charge in [0, 0.05) is 12.1 Å². The van der Waals surface area contributed by atoms with E-state index in [9.17, 15) is 14.3 Å². The molecule has 24 heavy (non-hydrogen) atoms. The number of furan rings is 1. The average Bonchev–Trinajstić information content (AvgIpc) is 3.10. The molecule has 1 amide bonds. The van der Waals surface area contributed by atoms with Crippen molar-refractivity contribution in [3.63, 3.8) is 0 Å². The van der Waals surface area contributed by atoms with Crippen molar-refractivity contribution in [1.82, 2.24) is 5.32 Å². The van der Waals surface area contributed by atoms with E-state index in [0.717, 1.165) is 5.56 Å². The van der Waals surface area contributed by atoms with E-state index >= 15 is 0 Å². The molecule has 3 rings (SSSR count). The van der Waals surface area contributed by atoms with Crippen molar-refractivity contribution in [3.05, 3.63) is 84.1 Å². The van der Waals surface area contributed by atoms with Gasteiger partial charge in [0.05, 0.1) is 12.4 Å². The number of carbonyl (C=O) groups excluding carboxylic acids is 1. The molecule has 4 nitrogen and oxygen atoms in total. The van der Waals surface area contributed by atoms with E-state index in [1.165, 1.54) is 30.5 Å². The highest BCUT2D eigenvalue weighted by atomic mass is 19.1. The van der Waals surface area contributed by atoms with Crippen LogP contribution in [0, 0.1) is 5.82 Å². The van der Waals surface area contributed by atoms with E-state index in [-0.39, 0.29) is 18.1 Å². The highest BCUT2D eigenvalue weighted by molar-refractivity contribution is 5.98. The smallest absolute Gasteiger partial charge is 0.287 e. The van der Waals surface area contributed by atoms with Crippen molar-refractivity contribution in [2.24, 2.45) is 0 Å². The predicted octanol–water partition coefficient (Wildman–Crippen LogP) is 3.55.